The Kier molecular flexibility index (Phi) is 8.62. The van der Waals surface area contributed by atoms with Crippen LogP contribution in [0.15, 0.2) is 82.6 Å². The van der Waals surface area contributed by atoms with Gasteiger partial charge in [0.05, 0.1) is 13.7 Å². The summed E-state index contributed by atoms with van der Waals surface area (Å²) >= 11 is 1.58. The lowest BCUT2D eigenvalue weighted by Gasteiger charge is -2.14. The first-order valence-electron chi connectivity index (χ1n) is 10.3. The van der Waals surface area contributed by atoms with E-state index in [9.17, 15) is 13.2 Å². The smallest absolute Gasteiger partial charge is 0.265 e. The maximum Gasteiger partial charge on any atom is 0.265 e. The van der Waals surface area contributed by atoms with Gasteiger partial charge in [0.25, 0.3) is 10.0 Å². The molecule has 0 radical (unpaired) electrons. The van der Waals surface area contributed by atoms with Crippen molar-refractivity contribution < 1.29 is 22.7 Å². The maximum absolute atomic E-state index is 13.0. The van der Waals surface area contributed by atoms with Gasteiger partial charge < -0.3 is 14.8 Å². The third kappa shape index (κ3) is 7.16. The number of ether oxygens (including phenoxy) is 2. The molecule has 0 heterocycles. The summed E-state index contributed by atoms with van der Waals surface area (Å²) in [6.45, 7) is 2.39. The van der Waals surface area contributed by atoms with E-state index < -0.39 is 10.0 Å². The molecule has 2 N–H and O–H groups in total. The van der Waals surface area contributed by atoms with Gasteiger partial charge in [-0.25, -0.2) is 8.42 Å². The zero-order valence-corrected chi connectivity index (χ0v) is 20.0. The largest absolute Gasteiger partial charge is 0.495 e. The lowest BCUT2D eigenvalue weighted by molar-refractivity contribution is -0.115. The number of carbonyl (C=O) groups excluding carboxylic acids is 1. The molecule has 0 aromatic heterocycles. The molecule has 0 saturated heterocycles. The third-order valence-corrected chi connectivity index (χ3v) is 6.91. The first-order valence-corrected chi connectivity index (χ1v) is 12.8. The average Bonchev–Trinajstić information content (AvgIpc) is 2.81. The van der Waals surface area contributed by atoms with Crippen molar-refractivity contribution in [2.24, 2.45) is 0 Å². The van der Waals surface area contributed by atoms with E-state index in [0.29, 0.717) is 29.5 Å². The van der Waals surface area contributed by atoms with Gasteiger partial charge in [-0.3, -0.25) is 9.52 Å². The van der Waals surface area contributed by atoms with Crippen LogP contribution >= 0.6 is 11.8 Å². The van der Waals surface area contributed by atoms with Gasteiger partial charge in [0, 0.05) is 28.4 Å². The van der Waals surface area contributed by atoms with Gasteiger partial charge >= 0.3 is 0 Å². The highest BCUT2D eigenvalue weighted by Crippen LogP contribution is 2.29. The first-order chi connectivity index (χ1) is 15.9. The fourth-order valence-electron chi connectivity index (χ4n) is 2.96. The zero-order chi connectivity index (χ0) is 23.7. The molecule has 1 amide bonds. The number of sulfonamides is 1. The molecule has 3 rings (SSSR count). The van der Waals surface area contributed by atoms with Crippen LogP contribution in [0.4, 0.5) is 11.4 Å². The number of benzene rings is 3. The molecule has 7 nitrogen and oxygen atoms in total. The summed E-state index contributed by atoms with van der Waals surface area (Å²) in [5.41, 5.74) is 0.755. The highest BCUT2D eigenvalue weighted by molar-refractivity contribution is 7.99. The summed E-state index contributed by atoms with van der Waals surface area (Å²) in [5.74, 6) is 1.22. The van der Waals surface area contributed by atoms with Gasteiger partial charge in [-0.2, -0.15) is 0 Å². The number of nitrogens with one attached hydrogen (secondary N) is 2. The van der Waals surface area contributed by atoms with Crippen LogP contribution in [0.3, 0.4) is 0 Å². The molecule has 0 aliphatic carbocycles. The van der Waals surface area contributed by atoms with E-state index in [1.165, 1.54) is 19.2 Å². The number of anilines is 2. The second-order valence-corrected chi connectivity index (χ2v) is 9.71. The highest BCUT2D eigenvalue weighted by atomic mass is 32.2. The minimum absolute atomic E-state index is 0.0738. The Morgan fingerprint density at radius 3 is 2.33 bits per heavy atom. The Morgan fingerprint density at radius 1 is 0.970 bits per heavy atom. The predicted octanol–water partition coefficient (Wildman–Crippen LogP) is 5.02. The summed E-state index contributed by atoms with van der Waals surface area (Å²) in [5, 5.41) is 2.76. The van der Waals surface area contributed by atoms with E-state index in [2.05, 4.69) is 10.0 Å². The zero-order valence-electron chi connectivity index (χ0n) is 18.4. The van der Waals surface area contributed by atoms with Crippen molar-refractivity contribution in [2.75, 3.05) is 29.5 Å². The Labute approximate surface area is 198 Å². The molecule has 9 heteroatoms. The molecule has 0 saturated carbocycles. The minimum Gasteiger partial charge on any atom is -0.495 e. The van der Waals surface area contributed by atoms with Gasteiger partial charge in [0.2, 0.25) is 5.91 Å². The standard InChI is InChI=1S/C24H26N2O5S2/c1-3-31-20-12-9-18(10-13-20)26-33(28,29)23-17-19(11-14-22(23)30-2)25-24(27)15-16-32-21-7-5-4-6-8-21/h4-14,17,26H,3,15-16H2,1-2H3,(H,25,27). The molecule has 0 aliphatic rings. The third-order valence-electron chi connectivity index (χ3n) is 4.50. The summed E-state index contributed by atoms with van der Waals surface area (Å²) in [4.78, 5) is 13.4. The van der Waals surface area contributed by atoms with Gasteiger partial charge in [0.1, 0.15) is 16.4 Å². The summed E-state index contributed by atoms with van der Waals surface area (Å²) in [7, 11) is -2.57. The number of rotatable bonds is 11. The monoisotopic (exact) mass is 486 g/mol. The molecule has 3 aromatic rings. The van der Waals surface area contributed by atoms with Crippen molar-refractivity contribution in [3.8, 4) is 11.5 Å². The topological polar surface area (TPSA) is 93.7 Å². The van der Waals surface area contributed by atoms with Gasteiger partial charge in [-0.05, 0) is 61.5 Å². The van der Waals surface area contributed by atoms with E-state index >= 15 is 0 Å². The number of thioether (sulfide) groups is 1. The minimum atomic E-state index is -3.96. The number of hydrogen-bond donors (Lipinski definition) is 2. The first kappa shape index (κ1) is 24.5. The number of amides is 1. The molecule has 0 fully saturated rings. The molecule has 0 aliphatic heterocycles. The second-order valence-electron chi connectivity index (χ2n) is 6.89. The second kappa shape index (κ2) is 11.6. The molecule has 33 heavy (non-hydrogen) atoms. The fraction of sp³-hybridized carbons (Fsp3) is 0.208. The lowest BCUT2D eigenvalue weighted by Crippen LogP contribution is -2.16. The van der Waals surface area contributed by atoms with E-state index in [-0.39, 0.29) is 23.0 Å². The number of carbonyl (C=O) groups is 1. The van der Waals surface area contributed by atoms with Crippen LogP contribution < -0.4 is 19.5 Å². The van der Waals surface area contributed by atoms with Crippen molar-refractivity contribution >= 4 is 39.1 Å². The summed E-state index contributed by atoms with van der Waals surface area (Å²) in [6.07, 6.45) is 0.290. The summed E-state index contributed by atoms with van der Waals surface area (Å²) in [6, 6.07) is 20.9. The number of hydrogen-bond acceptors (Lipinski definition) is 6. The molecular formula is C24H26N2O5S2. The van der Waals surface area contributed by atoms with Crippen LogP contribution in [0, 0.1) is 0 Å². The van der Waals surface area contributed by atoms with Crippen molar-refractivity contribution in [1.82, 2.24) is 0 Å². The van der Waals surface area contributed by atoms with Crippen LogP contribution in [0.25, 0.3) is 0 Å². The van der Waals surface area contributed by atoms with Crippen molar-refractivity contribution in [3.05, 3.63) is 72.8 Å². The van der Waals surface area contributed by atoms with Crippen LogP contribution in [0.5, 0.6) is 11.5 Å². The molecule has 0 unspecified atom stereocenters. The normalized spacial score (nSPS) is 11.0. The number of methoxy groups -OCH3 is 1. The predicted molar refractivity (Wildman–Crippen MR) is 132 cm³/mol. The van der Waals surface area contributed by atoms with Crippen LogP contribution in [0.1, 0.15) is 13.3 Å². The van der Waals surface area contributed by atoms with Crippen LogP contribution in [-0.4, -0.2) is 33.8 Å². The lowest BCUT2D eigenvalue weighted by atomic mass is 10.3. The van der Waals surface area contributed by atoms with Gasteiger partial charge in [-0.1, -0.05) is 18.2 Å². The maximum atomic E-state index is 13.0. The van der Waals surface area contributed by atoms with Crippen LogP contribution in [0.2, 0.25) is 0 Å². The Hall–Kier alpha value is -3.17. The van der Waals surface area contributed by atoms with E-state index in [4.69, 9.17) is 9.47 Å². The Morgan fingerprint density at radius 2 is 1.67 bits per heavy atom. The average molecular weight is 487 g/mol. The fourth-order valence-corrected chi connectivity index (χ4v) is 5.09. The van der Waals surface area contributed by atoms with Gasteiger partial charge in [0.15, 0.2) is 0 Å². The van der Waals surface area contributed by atoms with E-state index in [1.54, 1.807) is 42.1 Å². The molecule has 0 bridgehead atoms. The van der Waals surface area contributed by atoms with Crippen molar-refractivity contribution in [3.63, 3.8) is 0 Å². The molecular weight excluding hydrogens is 460 g/mol. The van der Waals surface area contributed by atoms with Gasteiger partial charge in [-0.15, -0.1) is 11.8 Å². The van der Waals surface area contributed by atoms with Crippen molar-refractivity contribution in [1.29, 1.82) is 0 Å². The molecule has 0 spiro atoms. The SMILES string of the molecule is CCOc1ccc(NS(=O)(=O)c2cc(NC(=O)CCSc3ccccc3)ccc2OC)cc1. The Bertz CT molecular complexity index is 1170. The van der Waals surface area contributed by atoms with E-state index in [0.717, 1.165) is 4.90 Å². The van der Waals surface area contributed by atoms with Crippen molar-refractivity contribution in [2.45, 2.75) is 23.1 Å². The summed E-state index contributed by atoms with van der Waals surface area (Å²) < 4.78 is 39.2. The Balaban J connectivity index is 1.68. The molecule has 174 valence electrons. The quantitative estimate of drug-likeness (QED) is 0.370. The van der Waals surface area contributed by atoms with Crippen LogP contribution in [-0.2, 0) is 14.8 Å². The molecule has 0 atom stereocenters. The molecule has 3 aromatic carbocycles. The highest BCUT2D eigenvalue weighted by Gasteiger charge is 2.21. The van der Waals surface area contributed by atoms with E-state index in [1.807, 2.05) is 37.3 Å².